The lowest BCUT2D eigenvalue weighted by atomic mass is 10.0. The summed E-state index contributed by atoms with van der Waals surface area (Å²) in [6.07, 6.45) is 0.723. The summed E-state index contributed by atoms with van der Waals surface area (Å²) in [6, 6.07) is 4.59. The van der Waals surface area contributed by atoms with E-state index < -0.39 is 11.7 Å². The number of nitrogens with one attached hydrogen (secondary N) is 2. The van der Waals surface area contributed by atoms with Gasteiger partial charge in [0.15, 0.2) is 5.60 Å². The molecule has 10 nitrogen and oxygen atoms in total. The van der Waals surface area contributed by atoms with Crippen LogP contribution < -0.4 is 20.3 Å². The van der Waals surface area contributed by atoms with E-state index >= 15 is 0 Å². The molecule has 2 aliphatic rings. The molecule has 0 aliphatic carbocycles. The fraction of sp³-hybridized carbons (Fsp3) is 0.545. The van der Waals surface area contributed by atoms with E-state index in [0.717, 1.165) is 0 Å². The van der Waals surface area contributed by atoms with E-state index in [4.69, 9.17) is 4.74 Å². The van der Waals surface area contributed by atoms with E-state index in [1.807, 2.05) is 0 Å². The van der Waals surface area contributed by atoms with Crippen LogP contribution in [-0.2, 0) is 9.59 Å². The highest BCUT2D eigenvalue weighted by molar-refractivity contribution is 6.04. The summed E-state index contributed by atoms with van der Waals surface area (Å²) in [7, 11) is 0. The number of fused-ring (bicyclic) bond motifs is 1. The highest BCUT2D eigenvalue weighted by Gasteiger charge is 2.41. The monoisotopic (exact) mass is 446 g/mol. The molecule has 0 saturated carbocycles. The number of carbonyl (C=O) groups excluding carboxylic acids is 3. The van der Waals surface area contributed by atoms with Gasteiger partial charge in [0.2, 0.25) is 5.91 Å². The van der Waals surface area contributed by atoms with Gasteiger partial charge in [-0.15, -0.1) is 0 Å². The highest BCUT2D eigenvalue weighted by atomic mass is 16.5. The lowest BCUT2D eigenvalue weighted by Crippen LogP contribution is -2.54. The Morgan fingerprint density at radius 2 is 2.03 bits per heavy atom. The van der Waals surface area contributed by atoms with Crippen molar-refractivity contribution in [2.75, 3.05) is 31.1 Å². The third-order valence-electron chi connectivity index (χ3n) is 5.64. The molecule has 2 heterocycles. The molecule has 3 rings (SSSR count). The minimum atomic E-state index is -1.08. The summed E-state index contributed by atoms with van der Waals surface area (Å²) in [6.45, 7) is 6.32. The zero-order valence-corrected chi connectivity index (χ0v) is 18.6. The van der Waals surface area contributed by atoms with Gasteiger partial charge >= 0.3 is 6.09 Å². The third-order valence-corrected chi connectivity index (χ3v) is 5.64. The number of amides is 4. The molecule has 174 valence electrons. The standard InChI is InChI=1S/C22H30N4O6/c1-4-18(27)23-9-11-26-16-12-14(7-8-17(16)32-22(2,3)20(26)29)19(28)24-15-6-5-10-25(13-15)21(30)31/h7-8,12,15H,4-6,9-11,13H2,1-3H3,(H,23,27)(H,24,28)(H,30,31)/t15-/m1/s1. The van der Waals surface area contributed by atoms with Gasteiger partial charge in [0.25, 0.3) is 11.8 Å². The normalized spacial score (nSPS) is 19.6. The van der Waals surface area contributed by atoms with Crippen LogP contribution in [0.25, 0.3) is 0 Å². The molecule has 2 aliphatic heterocycles. The number of rotatable bonds is 6. The molecule has 1 atom stereocenters. The summed E-state index contributed by atoms with van der Waals surface area (Å²) < 4.78 is 5.85. The second-order valence-corrected chi connectivity index (χ2v) is 8.50. The van der Waals surface area contributed by atoms with Crippen LogP contribution >= 0.6 is 0 Å². The Kier molecular flexibility index (Phi) is 6.90. The fourth-order valence-corrected chi connectivity index (χ4v) is 3.90. The molecule has 0 radical (unpaired) electrons. The van der Waals surface area contributed by atoms with Gasteiger partial charge in [0.1, 0.15) is 5.75 Å². The van der Waals surface area contributed by atoms with Crippen molar-refractivity contribution in [3.05, 3.63) is 23.8 Å². The first-order valence-electron chi connectivity index (χ1n) is 10.8. The van der Waals surface area contributed by atoms with Gasteiger partial charge in [-0.1, -0.05) is 6.92 Å². The Morgan fingerprint density at radius 3 is 2.72 bits per heavy atom. The number of piperidine rings is 1. The molecule has 1 fully saturated rings. The van der Waals surface area contributed by atoms with E-state index in [1.54, 1.807) is 39.0 Å². The molecule has 4 amide bonds. The van der Waals surface area contributed by atoms with Crippen molar-refractivity contribution in [1.29, 1.82) is 0 Å². The van der Waals surface area contributed by atoms with Crippen molar-refractivity contribution in [2.45, 2.75) is 51.7 Å². The minimum absolute atomic E-state index is 0.110. The number of anilines is 1. The van der Waals surface area contributed by atoms with Crippen LogP contribution in [0.2, 0.25) is 0 Å². The number of carbonyl (C=O) groups is 4. The maximum absolute atomic E-state index is 13.0. The van der Waals surface area contributed by atoms with Crippen molar-refractivity contribution in [3.63, 3.8) is 0 Å². The van der Waals surface area contributed by atoms with Crippen molar-refractivity contribution < 1.29 is 29.0 Å². The molecular formula is C22H30N4O6. The van der Waals surface area contributed by atoms with Crippen molar-refractivity contribution in [2.24, 2.45) is 0 Å². The first kappa shape index (κ1) is 23.4. The molecular weight excluding hydrogens is 416 g/mol. The van der Waals surface area contributed by atoms with Crippen molar-refractivity contribution >= 4 is 29.5 Å². The predicted molar refractivity (Wildman–Crippen MR) is 117 cm³/mol. The van der Waals surface area contributed by atoms with Crippen LogP contribution in [0.1, 0.15) is 50.4 Å². The fourth-order valence-electron chi connectivity index (χ4n) is 3.90. The average molecular weight is 447 g/mol. The summed E-state index contributed by atoms with van der Waals surface area (Å²) in [4.78, 5) is 51.4. The smallest absolute Gasteiger partial charge is 0.407 e. The minimum Gasteiger partial charge on any atom is -0.476 e. The Bertz CT molecular complexity index is 916. The summed E-state index contributed by atoms with van der Waals surface area (Å²) in [5.41, 5.74) is -0.271. The van der Waals surface area contributed by atoms with E-state index in [1.165, 1.54) is 9.80 Å². The van der Waals surface area contributed by atoms with Gasteiger partial charge in [-0.05, 0) is 44.9 Å². The molecule has 0 unspecified atom stereocenters. The molecule has 3 N–H and O–H groups in total. The number of hydrogen-bond donors (Lipinski definition) is 3. The number of likely N-dealkylation sites (tertiary alicyclic amines) is 1. The lowest BCUT2D eigenvalue weighted by Gasteiger charge is -2.39. The van der Waals surface area contributed by atoms with Gasteiger partial charge in [0, 0.05) is 44.2 Å². The van der Waals surface area contributed by atoms with E-state index in [2.05, 4.69) is 10.6 Å². The molecule has 1 aromatic rings. The SMILES string of the molecule is CCC(=O)NCCN1C(=O)C(C)(C)Oc2ccc(C(=O)N[C@@H]3CCCN(C(=O)O)C3)cc21. The first-order valence-corrected chi connectivity index (χ1v) is 10.8. The molecule has 1 aromatic carbocycles. The van der Waals surface area contributed by atoms with Crippen LogP contribution in [0.5, 0.6) is 5.75 Å². The second kappa shape index (κ2) is 9.46. The van der Waals surface area contributed by atoms with Crippen LogP contribution in [0, 0.1) is 0 Å². The highest BCUT2D eigenvalue weighted by Crippen LogP contribution is 2.38. The lowest BCUT2D eigenvalue weighted by molar-refractivity contribution is -0.132. The zero-order valence-electron chi connectivity index (χ0n) is 18.6. The maximum atomic E-state index is 13.0. The number of benzene rings is 1. The van der Waals surface area contributed by atoms with Crippen LogP contribution in [0.3, 0.4) is 0 Å². The first-order chi connectivity index (χ1) is 15.1. The van der Waals surface area contributed by atoms with Crippen molar-refractivity contribution in [1.82, 2.24) is 15.5 Å². The Balaban J connectivity index is 1.77. The van der Waals surface area contributed by atoms with Gasteiger partial charge in [-0.3, -0.25) is 14.4 Å². The second-order valence-electron chi connectivity index (χ2n) is 8.50. The third kappa shape index (κ3) is 5.12. The Hall–Kier alpha value is -3.30. The van der Waals surface area contributed by atoms with Crippen LogP contribution in [0.15, 0.2) is 18.2 Å². The van der Waals surface area contributed by atoms with Gasteiger partial charge in [0.05, 0.1) is 5.69 Å². The van der Waals surface area contributed by atoms with Gasteiger partial charge < -0.3 is 30.3 Å². The van der Waals surface area contributed by atoms with E-state index in [-0.39, 0.29) is 43.4 Å². The predicted octanol–water partition coefficient (Wildman–Crippen LogP) is 1.59. The molecule has 1 saturated heterocycles. The number of nitrogens with zero attached hydrogens (tertiary/aromatic N) is 2. The van der Waals surface area contributed by atoms with Crippen LogP contribution in [-0.4, -0.2) is 71.6 Å². The number of carboxylic acid groups (broad SMARTS) is 1. The molecule has 10 heteroatoms. The molecule has 0 spiro atoms. The molecule has 0 bridgehead atoms. The van der Waals surface area contributed by atoms with Gasteiger partial charge in [-0.2, -0.15) is 0 Å². The average Bonchev–Trinajstić information content (AvgIpc) is 2.75. The molecule has 32 heavy (non-hydrogen) atoms. The van der Waals surface area contributed by atoms with Crippen LogP contribution in [0.4, 0.5) is 10.5 Å². The quantitative estimate of drug-likeness (QED) is 0.609. The number of ether oxygens (including phenoxy) is 1. The Labute approximate surface area is 186 Å². The molecule has 0 aromatic heterocycles. The topological polar surface area (TPSA) is 128 Å². The summed E-state index contributed by atoms with van der Waals surface area (Å²) >= 11 is 0. The van der Waals surface area contributed by atoms with E-state index in [0.29, 0.717) is 42.8 Å². The van der Waals surface area contributed by atoms with Gasteiger partial charge in [-0.25, -0.2) is 4.79 Å². The zero-order chi connectivity index (χ0) is 23.5. The van der Waals surface area contributed by atoms with E-state index in [9.17, 15) is 24.3 Å². The summed E-state index contributed by atoms with van der Waals surface area (Å²) in [5, 5.41) is 14.8. The Morgan fingerprint density at radius 1 is 1.28 bits per heavy atom. The van der Waals surface area contributed by atoms with Crippen molar-refractivity contribution in [3.8, 4) is 5.75 Å². The number of hydrogen-bond acceptors (Lipinski definition) is 5. The largest absolute Gasteiger partial charge is 0.476 e. The maximum Gasteiger partial charge on any atom is 0.407 e. The summed E-state index contributed by atoms with van der Waals surface area (Å²) in [5.74, 6) is -0.247.